The lowest BCUT2D eigenvalue weighted by Gasteiger charge is -2.59. The average molecular weight is 387 g/mol. The summed E-state index contributed by atoms with van der Waals surface area (Å²) in [6.07, 6.45) is 5.32. The lowest BCUT2D eigenvalue weighted by atomic mass is 9.56. The summed E-state index contributed by atoms with van der Waals surface area (Å²) in [5.74, 6) is 0.243. The third-order valence-electron chi connectivity index (χ3n) is 6.69. The number of rotatable bonds is 3. The van der Waals surface area contributed by atoms with E-state index in [1.54, 1.807) is 4.90 Å². The molecule has 2 bridgehead atoms. The monoisotopic (exact) mass is 387 g/mol. The summed E-state index contributed by atoms with van der Waals surface area (Å²) in [6, 6.07) is 3.05. The normalized spacial score (nSPS) is 29.1. The lowest BCUT2D eigenvalue weighted by molar-refractivity contribution is -0.394. The number of carbonyl (C=O) groups is 2. The molecule has 4 rings (SSSR count). The van der Waals surface area contributed by atoms with Crippen molar-refractivity contribution in [2.75, 3.05) is 6.54 Å². The Balaban J connectivity index is 1.76. The Morgan fingerprint density at radius 3 is 2.39 bits per heavy atom. The second-order valence-electron chi connectivity index (χ2n) is 8.13. The molecular weight excluding hydrogens is 366 g/mol. The van der Waals surface area contributed by atoms with Gasteiger partial charge in [0, 0.05) is 31.5 Å². The van der Waals surface area contributed by atoms with Gasteiger partial charge in [-0.1, -0.05) is 6.42 Å². The van der Waals surface area contributed by atoms with Crippen molar-refractivity contribution in [3.8, 4) is 0 Å². The first-order valence-corrected chi connectivity index (χ1v) is 9.59. The van der Waals surface area contributed by atoms with Gasteiger partial charge in [0.15, 0.2) is 0 Å². The number of hydrogen-bond acceptors (Lipinski definition) is 6. The molecule has 2 saturated carbocycles. The van der Waals surface area contributed by atoms with Crippen LogP contribution in [0.5, 0.6) is 0 Å². The Hall–Kier alpha value is -2.84. The molecule has 1 amide bonds. The fourth-order valence-electron chi connectivity index (χ4n) is 5.68. The Bertz CT molecular complexity index is 852. The molecule has 0 aromatic heterocycles. The van der Waals surface area contributed by atoms with Crippen LogP contribution in [0.15, 0.2) is 18.2 Å². The van der Waals surface area contributed by atoms with Crippen molar-refractivity contribution in [2.45, 2.75) is 50.5 Å². The molecule has 0 spiro atoms. The van der Waals surface area contributed by atoms with Crippen LogP contribution in [0.2, 0.25) is 0 Å². The molecule has 9 nitrogen and oxygen atoms in total. The van der Waals surface area contributed by atoms with E-state index in [-0.39, 0.29) is 23.2 Å². The van der Waals surface area contributed by atoms with Crippen LogP contribution < -0.4 is 0 Å². The number of piperidine rings is 1. The van der Waals surface area contributed by atoms with Gasteiger partial charge in [-0.05, 0) is 37.5 Å². The molecule has 0 N–H and O–H groups in total. The second-order valence-corrected chi connectivity index (χ2v) is 8.13. The summed E-state index contributed by atoms with van der Waals surface area (Å²) in [5, 5.41) is 22.4. The molecule has 3 atom stereocenters. The number of nitrogens with zero attached hydrogens (tertiary/aromatic N) is 3. The van der Waals surface area contributed by atoms with Gasteiger partial charge in [-0.3, -0.25) is 29.8 Å². The number of hydrogen-bond donors (Lipinski definition) is 0. The van der Waals surface area contributed by atoms with Crippen molar-refractivity contribution < 1.29 is 19.4 Å². The molecule has 3 aliphatic rings. The van der Waals surface area contributed by atoms with Gasteiger partial charge >= 0.3 is 0 Å². The summed E-state index contributed by atoms with van der Waals surface area (Å²) in [5.41, 5.74) is -1.57. The molecule has 1 aromatic rings. The molecular formula is C19H21N3O6. The van der Waals surface area contributed by atoms with Gasteiger partial charge in [0.05, 0.1) is 27.0 Å². The minimum atomic E-state index is -0.734. The molecule has 1 saturated heterocycles. The Kier molecular flexibility index (Phi) is 4.40. The number of amides is 1. The third kappa shape index (κ3) is 2.85. The first-order valence-electron chi connectivity index (χ1n) is 9.59. The smallest absolute Gasteiger partial charge is 0.277 e. The maximum atomic E-state index is 13.4. The molecule has 148 valence electrons. The van der Waals surface area contributed by atoms with Crippen LogP contribution in [0.25, 0.3) is 0 Å². The van der Waals surface area contributed by atoms with Crippen LogP contribution in [0.4, 0.5) is 11.4 Å². The number of ketones is 1. The molecule has 0 unspecified atom stereocenters. The van der Waals surface area contributed by atoms with E-state index in [0.29, 0.717) is 19.4 Å². The van der Waals surface area contributed by atoms with E-state index in [1.807, 2.05) is 0 Å². The molecule has 28 heavy (non-hydrogen) atoms. The number of benzene rings is 1. The predicted molar refractivity (Wildman–Crippen MR) is 97.8 cm³/mol. The van der Waals surface area contributed by atoms with Gasteiger partial charge < -0.3 is 4.90 Å². The van der Waals surface area contributed by atoms with Crippen molar-refractivity contribution in [3.63, 3.8) is 0 Å². The fraction of sp³-hybridized carbons (Fsp3) is 0.579. The predicted octanol–water partition coefficient (Wildman–Crippen LogP) is 3.26. The zero-order chi connectivity index (χ0) is 20.1. The van der Waals surface area contributed by atoms with E-state index < -0.39 is 32.7 Å². The summed E-state index contributed by atoms with van der Waals surface area (Å²) in [6.45, 7) is 0.464. The minimum Gasteiger partial charge on any atom is -0.332 e. The van der Waals surface area contributed by atoms with Gasteiger partial charge in [-0.25, -0.2) is 0 Å². The molecule has 9 heteroatoms. The van der Waals surface area contributed by atoms with Crippen molar-refractivity contribution in [3.05, 3.63) is 44.0 Å². The van der Waals surface area contributed by atoms with Crippen molar-refractivity contribution in [1.82, 2.24) is 4.90 Å². The maximum absolute atomic E-state index is 13.4. The molecule has 1 aromatic carbocycles. The zero-order valence-electron chi connectivity index (χ0n) is 15.3. The van der Waals surface area contributed by atoms with E-state index in [2.05, 4.69) is 0 Å². The van der Waals surface area contributed by atoms with E-state index in [9.17, 15) is 29.8 Å². The second kappa shape index (κ2) is 6.65. The quantitative estimate of drug-likeness (QED) is 0.579. The highest BCUT2D eigenvalue weighted by Crippen LogP contribution is 2.53. The fourth-order valence-corrected chi connectivity index (χ4v) is 5.68. The van der Waals surface area contributed by atoms with Crippen molar-refractivity contribution in [1.29, 1.82) is 0 Å². The zero-order valence-corrected chi connectivity index (χ0v) is 15.3. The van der Waals surface area contributed by atoms with Crippen LogP contribution in [-0.2, 0) is 4.79 Å². The Labute approximate surface area is 161 Å². The first kappa shape index (κ1) is 18.5. The summed E-state index contributed by atoms with van der Waals surface area (Å²) >= 11 is 0. The minimum absolute atomic E-state index is 0.0592. The number of nitro benzene ring substituents is 2. The van der Waals surface area contributed by atoms with E-state index >= 15 is 0 Å². The van der Waals surface area contributed by atoms with Gasteiger partial charge in [0.25, 0.3) is 17.3 Å². The van der Waals surface area contributed by atoms with Crippen molar-refractivity contribution in [2.24, 2.45) is 11.8 Å². The van der Waals surface area contributed by atoms with Crippen molar-refractivity contribution >= 4 is 23.1 Å². The molecule has 1 aliphatic heterocycles. The third-order valence-corrected chi connectivity index (χ3v) is 6.69. The largest absolute Gasteiger partial charge is 0.332 e. The van der Waals surface area contributed by atoms with Crippen LogP contribution in [0.1, 0.15) is 55.3 Å². The number of non-ortho nitro benzene ring substituents is 2. The van der Waals surface area contributed by atoms with E-state index in [4.69, 9.17) is 0 Å². The maximum Gasteiger partial charge on any atom is 0.277 e. The van der Waals surface area contributed by atoms with E-state index in [1.165, 1.54) is 0 Å². The first-order chi connectivity index (χ1) is 13.3. The Morgan fingerprint density at radius 2 is 1.75 bits per heavy atom. The molecule has 1 heterocycles. The number of carbonyl (C=O) groups excluding carboxylic acids is 2. The van der Waals surface area contributed by atoms with Gasteiger partial charge in [0.1, 0.15) is 5.78 Å². The molecule has 2 aliphatic carbocycles. The molecule has 0 radical (unpaired) electrons. The van der Waals surface area contributed by atoms with Gasteiger partial charge in [-0.15, -0.1) is 0 Å². The average Bonchev–Trinajstić information content (AvgIpc) is 2.65. The summed E-state index contributed by atoms with van der Waals surface area (Å²) < 4.78 is 0. The van der Waals surface area contributed by atoms with Crippen LogP contribution in [0, 0.1) is 32.1 Å². The van der Waals surface area contributed by atoms with Gasteiger partial charge in [-0.2, -0.15) is 0 Å². The van der Waals surface area contributed by atoms with Crippen LogP contribution in [-0.4, -0.2) is 38.5 Å². The highest BCUT2D eigenvalue weighted by molar-refractivity contribution is 5.97. The summed E-state index contributed by atoms with van der Waals surface area (Å²) in [7, 11) is 0. The summed E-state index contributed by atoms with van der Waals surface area (Å²) in [4.78, 5) is 48.4. The highest BCUT2D eigenvalue weighted by atomic mass is 16.6. The standard InChI is InChI=1S/C19H21N3O6/c23-16-9-12-3-1-5-19(11-16)17(12)4-2-6-20(19)18(24)13-7-14(21(25)26)10-15(8-13)22(27)28/h7-8,10,12,17H,1-6,9,11H2/t12-,17+,19-/m0/s1. The topological polar surface area (TPSA) is 124 Å². The number of Topliss-reactive ketones (excluding diaryl/α,β-unsaturated/α-hetero) is 1. The van der Waals surface area contributed by atoms with Crippen LogP contribution in [0.3, 0.4) is 0 Å². The number of likely N-dealkylation sites (tertiary alicyclic amines) is 1. The molecule has 3 fully saturated rings. The van der Waals surface area contributed by atoms with E-state index in [0.717, 1.165) is 50.3 Å². The number of nitro groups is 2. The lowest BCUT2D eigenvalue weighted by Crippen LogP contribution is -2.65. The highest BCUT2D eigenvalue weighted by Gasteiger charge is 2.56. The van der Waals surface area contributed by atoms with Crippen LogP contribution >= 0.6 is 0 Å². The SMILES string of the molecule is O=C1C[C@@H]2CCC[C@]3(C1)[C@@H]2CCCN3C(=O)c1cc([N+](=O)[O-])cc([N+](=O)[O-])c1. The van der Waals surface area contributed by atoms with Gasteiger partial charge in [0.2, 0.25) is 0 Å². The Morgan fingerprint density at radius 1 is 1.07 bits per heavy atom.